The van der Waals surface area contributed by atoms with Crippen LogP contribution in [0.15, 0.2) is 48.5 Å². The molecule has 0 saturated heterocycles. The molecule has 0 heterocycles. The molecule has 2 rings (SSSR count). The van der Waals surface area contributed by atoms with Crippen molar-refractivity contribution in [2.24, 2.45) is 0 Å². The molecule has 0 atom stereocenters. The van der Waals surface area contributed by atoms with E-state index < -0.39 is 11.8 Å². The molecule has 0 aliphatic heterocycles. The first-order valence-corrected chi connectivity index (χ1v) is 8.41. The second-order valence-electron chi connectivity index (χ2n) is 5.32. The fourth-order valence-corrected chi connectivity index (χ4v) is 2.57. The Morgan fingerprint density at radius 3 is 2.46 bits per heavy atom. The van der Waals surface area contributed by atoms with Gasteiger partial charge in [-0.15, -0.1) is 0 Å². The summed E-state index contributed by atoms with van der Waals surface area (Å²) in [7, 11) is 0. The molecule has 0 aromatic heterocycles. The molecular weight excluding hydrogens is 357 g/mol. The van der Waals surface area contributed by atoms with Crippen molar-refractivity contribution in [1.82, 2.24) is 5.32 Å². The van der Waals surface area contributed by atoms with Crippen molar-refractivity contribution in [2.45, 2.75) is 13.8 Å². The van der Waals surface area contributed by atoms with Crippen molar-refractivity contribution in [1.29, 1.82) is 0 Å². The van der Waals surface area contributed by atoms with Crippen LogP contribution in [0.1, 0.15) is 19.4 Å². The maximum Gasteiger partial charge on any atom is 0.323 e. The highest BCUT2D eigenvalue weighted by molar-refractivity contribution is 6.35. The number of anilines is 2. The largest absolute Gasteiger partial charge is 0.352 e. The smallest absolute Gasteiger partial charge is 0.323 e. The summed E-state index contributed by atoms with van der Waals surface area (Å²) in [5.74, 6) is -1.03. The average Bonchev–Trinajstić information content (AvgIpc) is 2.60. The average molecular weight is 376 g/mol. The van der Waals surface area contributed by atoms with E-state index in [9.17, 15) is 14.0 Å². The van der Waals surface area contributed by atoms with Crippen LogP contribution >= 0.6 is 11.6 Å². The lowest BCUT2D eigenvalue weighted by Crippen LogP contribution is -2.24. The number of likely N-dealkylation sites (N-methyl/N-ethyl adjacent to an activating group) is 1. The SMILES string of the molecule is C/C=C(\C(=O)NCC)c1cc(NC(=O)Nc2ccccc2)c(F)cc1Cl. The zero-order chi connectivity index (χ0) is 19.1. The molecule has 0 aliphatic carbocycles. The molecule has 2 aromatic rings. The Labute approximate surface area is 156 Å². The third-order valence-corrected chi connectivity index (χ3v) is 3.81. The minimum atomic E-state index is -0.701. The third-order valence-electron chi connectivity index (χ3n) is 3.50. The van der Waals surface area contributed by atoms with E-state index in [1.807, 2.05) is 6.07 Å². The highest BCUT2D eigenvalue weighted by atomic mass is 35.5. The number of benzene rings is 2. The first-order chi connectivity index (χ1) is 12.5. The van der Waals surface area contributed by atoms with Crippen molar-refractivity contribution in [3.05, 3.63) is 64.9 Å². The molecule has 26 heavy (non-hydrogen) atoms. The van der Waals surface area contributed by atoms with Gasteiger partial charge < -0.3 is 16.0 Å². The number of nitrogens with one attached hydrogen (secondary N) is 3. The molecule has 5 nitrogen and oxygen atoms in total. The number of carbonyl (C=O) groups is 2. The Bertz CT molecular complexity index is 838. The van der Waals surface area contributed by atoms with Crippen LogP contribution in [0.2, 0.25) is 5.02 Å². The van der Waals surface area contributed by atoms with Gasteiger partial charge >= 0.3 is 6.03 Å². The lowest BCUT2D eigenvalue weighted by Gasteiger charge is -2.13. The van der Waals surface area contributed by atoms with Gasteiger partial charge in [-0.25, -0.2) is 9.18 Å². The zero-order valence-electron chi connectivity index (χ0n) is 14.4. The Morgan fingerprint density at radius 1 is 1.15 bits per heavy atom. The topological polar surface area (TPSA) is 70.2 Å². The minimum Gasteiger partial charge on any atom is -0.352 e. The maximum atomic E-state index is 14.2. The summed E-state index contributed by atoms with van der Waals surface area (Å²) in [4.78, 5) is 24.2. The summed E-state index contributed by atoms with van der Waals surface area (Å²) < 4.78 is 14.2. The second kappa shape index (κ2) is 9.01. The summed E-state index contributed by atoms with van der Waals surface area (Å²) in [5, 5.41) is 7.78. The Morgan fingerprint density at radius 2 is 1.85 bits per heavy atom. The number of rotatable bonds is 5. The Balaban J connectivity index is 2.26. The minimum absolute atomic E-state index is 0.0795. The molecule has 0 bridgehead atoms. The van der Waals surface area contributed by atoms with Gasteiger partial charge in [0.15, 0.2) is 0 Å². The van der Waals surface area contributed by atoms with Gasteiger partial charge in [-0.2, -0.15) is 0 Å². The third kappa shape index (κ3) is 4.83. The Kier molecular flexibility index (Phi) is 6.74. The van der Waals surface area contributed by atoms with Gasteiger partial charge in [0, 0.05) is 23.4 Å². The number of amides is 3. The van der Waals surface area contributed by atoms with Gasteiger partial charge in [0.05, 0.1) is 10.7 Å². The van der Waals surface area contributed by atoms with Crippen molar-refractivity contribution < 1.29 is 14.0 Å². The van der Waals surface area contributed by atoms with E-state index in [2.05, 4.69) is 16.0 Å². The molecule has 7 heteroatoms. The summed E-state index contributed by atoms with van der Waals surface area (Å²) >= 11 is 6.10. The van der Waals surface area contributed by atoms with E-state index in [-0.39, 0.29) is 16.6 Å². The number of urea groups is 1. The zero-order valence-corrected chi connectivity index (χ0v) is 15.2. The van der Waals surface area contributed by atoms with Crippen LogP contribution < -0.4 is 16.0 Å². The van der Waals surface area contributed by atoms with E-state index in [0.717, 1.165) is 6.07 Å². The maximum absolute atomic E-state index is 14.2. The predicted molar refractivity (Wildman–Crippen MR) is 103 cm³/mol. The van der Waals surface area contributed by atoms with Crippen LogP contribution in [0.25, 0.3) is 5.57 Å². The van der Waals surface area contributed by atoms with Gasteiger partial charge in [-0.3, -0.25) is 4.79 Å². The van der Waals surface area contributed by atoms with E-state index in [4.69, 9.17) is 11.6 Å². The molecule has 136 valence electrons. The molecule has 0 unspecified atom stereocenters. The van der Waals surface area contributed by atoms with E-state index in [0.29, 0.717) is 23.4 Å². The van der Waals surface area contributed by atoms with Crippen LogP contribution in [0, 0.1) is 5.82 Å². The van der Waals surface area contributed by atoms with E-state index in [1.54, 1.807) is 44.2 Å². The van der Waals surface area contributed by atoms with Gasteiger partial charge in [0.2, 0.25) is 0 Å². The van der Waals surface area contributed by atoms with Gasteiger partial charge in [-0.05, 0) is 38.1 Å². The first-order valence-electron chi connectivity index (χ1n) is 8.03. The highest BCUT2D eigenvalue weighted by Crippen LogP contribution is 2.30. The number of allylic oxidation sites excluding steroid dienone is 1. The molecule has 0 fully saturated rings. The molecule has 0 saturated carbocycles. The normalized spacial score (nSPS) is 11.0. The fourth-order valence-electron chi connectivity index (χ4n) is 2.32. The molecule has 0 spiro atoms. The van der Waals surface area contributed by atoms with Crippen molar-refractivity contribution in [3.63, 3.8) is 0 Å². The number of carbonyl (C=O) groups excluding carboxylic acids is 2. The summed E-state index contributed by atoms with van der Waals surface area (Å²) in [5.41, 5.74) is 1.11. The van der Waals surface area contributed by atoms with Crippen molar-refractivity contribution in [3.8, 4) is 0 Å². The first kappa shape index (κ1) is 19.5. The summed E-state index contributed by atoms with van der Waals surface area (Å²) in [6.45, 7) is 3.91. The van der Waals surface area contributed by atoms with Crippen molar-refractivity contribution in [2.75, 3.05) is 17.2 Å². The van der Waals surface area contributed by atoms with Crippen LogP contribution in [0.5, 0.6) is 0 Å². The van der Waals surface area contributed by atoms with E-state index in [1.165, 1.54) is 6.07 Å². The standard InChI is InChI=1S/C19H19ClFN3O2/c1-3-13(18(25)22-4-2)14-10-17(16(21)11-15(14)20)24-19(26)23-12-8-6-5-7-9-12/h3,5-11H,4H2,1-2H3,(H,22,25)(H2,23,24,26)/b13-3-. The summed E-state index contributed by atoms with van der Waals surface area (Å²) in [6.07, 6.45) is 1.58. The number of para-hydroxylation sites is 1. The molecule has 0 radical (unpaired) electrons. The molecule has 0 aliphatic rings. The van der Waals surface area contributed by atoms with Crippen LogP contribution in [0.4, 0.5) is 20.6 Å². The number of hydrogen-bond acceptors (Lipinski definition) is 2. The molecule has 3 N–H and O–H groups in total. The lowest BCUT2D eigenvalue weighted by molar-refractivity contribution is -0.115. The fraction of sp³-hybridized carbons (Fsp3) is 0.158. The van der Waals surface area contributed by atoms with Crippen LogP contribution in [-0.4, -0.2) is 18.5 Å². The van der Waals surface area contributed by atoms with Crippen molar-refractivity contribution >= 4 is 40.5 Å². The van der Waals surface area contributed by atoms with E-state index >= 15 is 0 Å². The van der Waals surface area contributed by atoms with Gasteiger partial charge in [-0.1, -0.05) is 35.9 Å². The molecular formula is C19H19ClFN3O2. The lowest BCUT2D eigenvalue weighted by atomic mass is 10.0. The van der Waals surface area contributed by atoms with Crippen LogP contribution in [0.3, 0.4) is 0 Å². The van der Waals surface area contributed by atoms with Crippen LogP contribution in [-0.2, 0) is 4.79 Å². The summed E-state index contributed by atoms with van der Waals surface area (Å²) in [6, 6.07) is 10.6. The molecule has 2 aromatic carbocycles. The monoisotopic (exact) mass is 375 g/mol. The highest BCUT2D eigenvalue weighted by Gasteiger charge is 2.18. The number of halogens is 2. The molecule has 3 amide bonds. The van der Waals surface area contributed by atoms with Gasteiger partial charge in [0.25, 0.3) is 5.91 Å². The second-order valence-corrected chi connectivity index (χ2v) is 5.73. The van der Waals surface area contributed by atoms with Gasteiger partial charge in [0.1, 0.15) is 5.82 Å². The Hall–Kier alpha value is -2.86. The predicted octanol–water partition coefficient (Wildman–Crippen LogP) is 4.66. The quantitative estimate of drug-likeness (QED) is 0.665. The number of hydrogen-bond donors (Lipinski definition) is 3.